The first-order valence-electron chi connectivity index (χ1n) is 13.1. The van der Waals surface area contributed by atoms with Crippen molar-refractivity contribution in [2.45, 2.75) is 57.7 Å². The van der Waals surface area contributed by atoms with Gasteiger partial charge < -0.3 is 14.3 Å². The van der Waals surface area contributed by atoms with Gasteiger partial charge in [0.25, 0.3) is 0 Å². The molecule has 3 aromatic rings. The van der Waals surface area contributed by atoms with Crippen molar-refractivity contribution in [3.63, 3.8) is 0 Å². The minimum Gasteiger partial charge on any atom is -0.493 e. The van der Waals surface area contributed by atoms with Crippen molar-refractivity contribution in [2.75, 3.05) is 14.2 Å². The summed E-state index contributed by atoms with van der Waals surface area (Å²) in [6, 6.07) is 9.64. The largest absolute Gasteiger partial charge is 0.493 e. The van der Waals surface area contributed by atoms with E-state index >= 15 is 0 Å². The maximum absolute atomic E-state index is 11.8. The number of nitrogens with zero attached hydrogens (tertiary/aromatic N) is 3. The van der Waals surface area contributed by atoms with E-state index in [1.807, 2.05) is 24.3 Å². The van der Waals surface area contributed by atoms with Crippen LogP contribution in [0, 0.1) is 17.3 Å². The van der Waals surface area contributed by atoms with Crippen molar-refractivity contribution in [3.05, 3.63) is 47.0 Å². The molecule has 0 bridgehead atoms. The third kappa shape index (κ3) is 4.64. The second kappa shape index (κ2) is 9.76. The molecule has 2 fully saturated rings. The molecule has 3 aliphatic carbocycles. The van der Waals surface area contributed by atoms with Gasteiger partial charge in [0.05, 0.1) is 26.0 Å². The molecule has 2 saturated carbocycles. The Hall–Kier alpha value is -3.22. The summed E-state index contributed by atoms with van der Waals surface area (Å²) < 4.78 is 45.1. The van der Waals surface area contributed by atoms with Crippen molar-refractivity contribution in [1.29, 1.82) is 0 Å². The SMILES string of the molecule is COc1cc2c(cc1OC)C1CC[C@@]3(C)C(CC[C@@H]3OS(N)(=O)=O)C1C/C2=N\OCc1ccc2nonc2c1. The molecule has 12 heteroatoms. The Kier molecular flexibility index (Phi) is 6.51. The molecule has 0 aliphatic heterocycles. The van der Waals surface area contributed by atoms with Crippen molar-refractivity contribution < 1.29 is 31.5 Å². The average Bonchev–Trinajstić information content (AvgIpc) is 3.50. The van der Waals surface area contributed by atoms with Crippen LogP contribution in [0.4, 0.5) is 0 Å². The summed E-state index contributed by atoms with van der Waals surface area (Å²) in [5, 5.41) is 17.6. The zero-order valence-electron chi connectivity index (χ0n) is 22.1. The van der Waals surface area contributed by atoms with Crippen LogP contribution in [-0.4, -0.2) is 44.8 Å². The van der Waals surface area contributed by atoms with Crippen LogP contribution in [0.25, 0.3) is 11.0 Å². The number of hydrogen-bond acceptors (Lipinski definition) is 10. The molecule has 6 rings (SSSR count). The number of oxime groups is 1. The third-order valence-corrected chi connectivity index (χ3v) is 9.52. The molecule has 5 atom stereocenters. The van der Waals surface area contributed by atoms with E-state index in [9.17, 15) is 8.42 Å². The van der Waals surface area contributed by atoms with Gasteiger partial charge in [-0.15, -0.1) is 0 Å². The molecule has 0 saturated heterocycles. The van der Waals surface area contributed by atoms with Gasteiger partial charge in [0.15, 0.2) is 11.5 Å². The molecule has 2 N–H and O–H groups in total. The Morgan fingerprint density at radius 2 is 1.85 bits per heavy atom. The first-order chi connectivity index (χ1) is 18.7. The second-order valence-electron chi connectivity index (χ2n) is 11.0. The highest BCUT2D eigenvalue weighted by Crippen LogP contribution is 2.62. The van der Waals surface area contributed by atoms with Crippen LogP contribution in [0.5, 0.6) is 11.5 Å². The number of hydrogen-bond donors (Lipinski definition) is 1. The monoisotopic (exact) mass is 556 g/mol. The molecule has 208 valence electrons. The van der Waals surface area contributed by atoms with Gasteiger partial charge in [-0.3, -0.25) is 4.18 Å². The molecule has 0 spiro atoms. The maximum atomic E-state index is 11.8. The van der Waals surface area contributed by atoms with Gasteiger partial charge in [-0.05, 0) is 101 Å². The molecule has 1 heterocycles. The van der Waals surface area contributed by atoms with Crippen LogP contribution in [-0.2, 0) is 25.9 Å². The second-order valence-corrected chi connectivity index (χ2v) is 12.2. The summed E-state index contributed by atoms with van der Waals surface area (Å²) in [5.74, 6) is 2.06. The summed E-state index contributed by atoms with van der Waals surface area (Å²) in [6.07, 6.45) is 3.52. The highest BCUT2D eigenvalue weighted by molar-refractivity contribution is 7.84. The molecular formula is C27H32N4O7S. The van der Waals surface area contributed by atoms with Gasteiger partial charge in [-0.2, -0.15) is 8.42 Å². The molecule has 0 radical (unpaired) electrons. The van der Waals surface area contributed by atoms with Gasteiger partial charge in [0, 0.05) is 5.56 Å². The van der Waals surface area contributed by atoms with Gasteiger partial charge >= 0.3 is 10.3 Å². The Morgan fingerprint density at radius 1 is 1.08 bits per heavy atom. The topological polar surface area (TPSA) is 148 Å². The zero-order chi connectivity index (χ0) is 27.4. The number of methoxy groups -OCH3 is 2. The lowest BCUT2D eigenvalue weighted by molar-refractivity contribution is -0.00265. The number of ether oxygens (including phenoxy) is 2. The van der Waals surface area contributed by atoms with Crippen LogP contribution in [0.3, 0.4) is 0 Å². The number of fused-ring (bicyclic) bond motifs is 6. The van der Waals surface area contributed by atoms with Gasteiger partial charge in [-0.1, -0.05) is 18.1 Å². The van der Waals surface area contributed by atoms with E-state index in [0.29, 0.717) is 35.4 Å². The first kappa shape index (κ1) is 26.0. The molecule has 0 amide bonds. The van der Waals surface area contributed by atoms with E-state index in [1.54, 1.807) is 14.2 Å². The minimum absolute atomic E-state index is 0.239. The smallest absolute Gasteiger partial charge is 0.333 e. The zero-order valence-corrected chi connectivity index (χ0v) is 22.9. The van der Waals surface area contributed by atoms with Crippen LogP contribution >= 0.6 is 0 Å². The molecular weight excluding hydrogens is 524 g/mol. The molecule has 2 aromatic carbocycles. The third-order valence-electron chi connectivity index (χ3n) is 9.02. The molecule has 1 aromatic heterocycles. The standard InChI is InChI=1S/C27H32N4O7S/c1-27-9-8-16-17-12-24(34-2)25(35-3)13-19(17)22(11-18(16)20(27)5-7-26(27)37-39(28,32)33)29-36-14-15-4-6-21-23(10-15)31-38-30-21/h4,6,10,12-13,16,18,20,26H,5,7-9,11,14H2,1-3H3,(H2,28,32,33)/b29-22+/t16?,18?,20?,26-,27-/m0/s1. The summed E-state index contributed by atoms with van der Waals surface area (Å²) in [4.78, 5) is 5.89. The Labute approximate surface area is 226 Å². The molecule has 3 unspecified atom stereocenters. The Bertz CT molecular complexity index is 1540. The number of nitrogens with two attached hydrogens (primary N) is 1. The Balaban J connectivity index is 1.34. The predicted molar refractivity (Wildman–Crippen MR) is 142 cm³/mol. The van der Waals surface area contributed by atoms with Crippen LogP contribution in [0.2, 0.25) is 0 Å². The lowest BCUT2D eigenvalue weighted by atomic mass is 9.55. The van der Waals surface area contributed by atoms with Crippen LogP contribution in [0.1, 0.15) is 61.6 Å². The number of rotatable bonds is 7. The van der Waals surface area contributed by atoms with Crippen molar-refractivity contribution in [1.82, 2.24) is 10.3 Å². The lowest BCUT2D eigenvalue weighted by Crippen LogP contribution is -2.46. The average molecular weight is 557 g/mol. The van der Waals surface area contributed by atoms with Gasteiger partial charge in [0.2, 0.25) is 0 Å². The predicted octanol–water partition coefficient (Wildman–Crippen LogP) is 4.06. The van der Waals surface area contributed by atoms with E-state index in [1.165, 1.54) is 0 Å². The first-order valence-corrected chi connectivity index (χ1v) is 14.5. The van der Waals surface area contributed by atoms with Gasteiger partial charge in [0.1, 0.15) is 17.6 Å². The van der Waals surface area contributed by atoms with Crippen molar-refractivity contribution in [3.8, 4) is 11.5 Å². The summed E-state index contributed by atoms with van der Waals surface area (Å²) >= 11 is 0. The Morgan fingerprint density at radius 3 is 2.62 bits per heavy atom. The normalized spacial score (nSPS) is 29.1. The van der Waals surface area contributed by atoms with Crippen LogP contribution < -0.4 is 14.6 Å². The van der Waals surface area contributed by atoms with E-state index in [4.69, 9.17) is 28.3 Å². The fourth-order valence-electron chi connectivity index (χ4n) is 7.20. The van der Waals surface area contributed by atoms with E-state index in [2.05, 4.69) is 28.5 Å². The highest BCUT2D eigenvalue weighted by atomic mass is 32.2. The van der Waals surface area contributed by atoms with E-state index in [-0.39, 0.29) is 29.8 Å². The van der Waals surface area contributed by atoms with Gasteiger partial charge in [-0.25, -0.2) is 9.77 Å². The summed E-state index contributed by atoms with van der Waals surface area (Å²) in [7, 11) is -0.786. The number of aromatic nitrogens is 2. The fraction of sp³-hybridized carbons (Fsp3) is 0.519. The van der Waals surface area contributed by atoms with Crippen molar-refractivity contribution >= 4 is 27.0 Å². The van der Waals surface area contributed by atoms with E-state index in [0.717, 1.165) is 41.7 Å². The summed E-state index contributed by atoms with van der Waals surface area (Å²) in [6.45, 7) is 2.40. The molecule has 3 aliphatic rings. The highest BCUT2D eigenvalue weighted by Gasteiger charge is 2.57. The molecule has 39 heavy (non-hydrogen) atoms. The lowest BCUT2D eigenvalue weighted by Gasteiger charge is -2.50. The maximum Gasteiger partial charge on any atom is 0.333 e. The van der Waals surface area contributed by atoms with Crippen molar-refractivity contribution in [2.24, 2.45) is 27.5 Å². The van der Waals surface area contributed by atoms with E-state index < -0.39 is 16.4 Å². The minimum atomic E-state index is -4.04. The van der Waals surface area contributed by atoms with Crippen LogP contribution in [0.15, 0.2) is 40.1 Å². The molecule has 11 nitrogen and oxygen atoms in total. The fourth-order valence-corrected chi connectivity index (χ4v) is 7.84. The summed E-state index contributed by atoms with van der Waals surface area (Å²) in [5.41, 5.74) is 4.91. The number of benzene rings is 2. The quantitative estimate of drug-likeness (QED) is 0.425.